The Labute approximate surface area is 156 Å². The Balaban J connectivity index is 1.69. The third kappa shape index (κ3) is 3.33. The van der Waals surface area contributed by atoms with Crippen molar-refractivity contribution in [3.63, 3.8) is 0 Å². The first-order valence-electron chi connectivity index (χ1n) is 8.81. The molecule has 7 nitrogen and oxygen atoms in total. The van der Waals surface area contributed by atoms with Gasteiger partial charge < -0.3 is 24.6 Å². The lowest BCUT2D eigenvalue weighted by Gasteiger charge is -2.30. The molecular weight excluding hydrogens is 346 g/mol. The molecule has 3 aromatic rings. The summed E-state index contributed by atoms with van der Waals surface area (Å²) in [6.07, 6.45) is 2.41. The molecule has 1 aliphatic rings. The number of methoxy groups -OCH3 is 1. The number of hydrogen-bond acceptors (Lipinski definition) is 7. The maximum atomic E-state index is 10.0. The van der Waals surface area contributed by atoms with Crippen LogP contribution in [0.3, 0.4) is 0 Å². The van der Waals surface area contributed by atoms with Gasteiger partial charge in [-0.2, -0.15) is 0 Å². The summed E-state index contributed by atoms with van der Waals surface area (Å²) in [5.74, 6) is 2.02. The molecule has 4 rings (SSSR count). The fraction of sp³-hybridized carbons (Fsp3) is 0.300. The van der Waals surface area contributed by atoms with Crippen molar-refractivity contribution in [2.75, 3.05) is 31.8 Å². The summed E-state index contributed by atoms with van der Waals surface area (Å²) in [6.45, 7) is 1.80. The van der Waals surface area contributed by atoms with Crippen molar-refractivity contribution in [2.45, 2.75) is 13.0 Å². The van der Waals surface area contributed by atoms with E-state index in [1.165, 1.54) is 24.6 Å². The first-order chi connectivity index (χ1) is 13.2. The Morgan fingerprint density at radius 3 is 2.85 bits per heavy atom. The van der Waals surface area contributed by atoms with Gasteiger partial charge in [0.2, 0.25) is 0 Å². The quantitative estimate of drug-likeness (QED) is 0.715. The van der Waals surface area contributed by atoms with E-state index in [2.05, 4.69) is 20.9 Å². The summed E-state index contributed by atoms with van der Waals surface area (Å²) < 4.78 is 10.8. The Morgan fingerprint density at radius 1 is 1.15 bits per heavy atom. The maximum absolute atomic E-state index is 10.0. The van der Waals surface area contributed by atoms with E-state index in [0.717, 1.165) is 29.9 Å². The molecule has 2 aromatic carbocycles. The minimum Gasteiger partial charge on any atom is -0.504 e. The van der Waals surface area contributed by atoms with Gasteiger partial charge in [-0.05, 0) is 35.7 Å². The van der Waals surface area contributed by atoms with E-state index in [-0.39, 0.29) is 19.0 Å². The molecular formula is C20H21N3O4. The van der Waals surface area contributed by atoms with Gasteiger partial charge in [0.05, 0.1) is 19.2 Å². The number of aliphatic hydroxyl groups is 1. The number of rotatable bonds is 5. The number of phenols is 1. The molecule has 0 atom stereocenters. The van der Waals surface area contributed by atoms with Crippen molar-refractivity contribution in [3.05, 3.63) is 47.8 Å². The van der Waals surface area contributed by atoms with Gasteiger partial charge in [-0.15, -0.1) is 0 Å². The van der Waals surface area contributed by atoms with Gasteiger partial charge in [-0.1, -0.05) is 6.07 Å². The molecule has 0 saturated heterocycles. The van der Waals surface area contributed by atoms with Crippen molar-refractivity contribution in [1.82, 2.24) is 9.97 Å². The average molecular weight is 367 g/mol. The van der Waals surface area contributed by atoms with Gasteiger partial charge in [0.1, 0.15) is 24.5 Å². The number of hydrogen-bond donors (Lipinski definition) is 2. The van der Waals surface area contributed by atoms with E-state index in [4.69, 9.17) is 14.6 Å². The predicted molar refractivity (Wildman–Crippen MR) is 102 cm³/mol. The monoisotopic (exact) mass is 367 g/mol. The van der Waals surface area contributed by atoms with Gasteiger partial charge in [0.15, 0.2) is 11.5 Å². The van der Waals surface area contributed by atoms with Crippen LogP contribution in [0.4, 0.5) is 5.82 Å². The Hall–Kier alpha value is -3.06. The van der Waals surface area contributed by atoms with Crippen LogP contribution in [-0.2, 0) is 13.0 Å². The molecule has 0 radical (unpaired) electrons. The standard InChI is InChI=1S/C20H21N3O4/c1-26-19-9-16-17(10-18(19)25)21-12-22-20(16)23-5-4-13-2-3-15(27-7-6-24)8-14(13)11-23/h2-3,8-10,12,24-25H,4-7,11H2,1H3. The summed E-state index contributed by atoms with van der Waals surface area (Å²) in [7, 11) is 1.52. The molecule has 2 N–H and O–H groups in total. The molecule has 0 unspecified atom stereocenters. The molecule has 140 valence electrons. The SMILES string of the molecule is COc1cc2c(N3CCc4ccc(OCCO)cc4C3)ncnc2cc1O. The molecule has 27 heavy (non-hydrogen) atoms. The highest BCUT2D eigenvalue weighted by Crippen LogP contribution is 2.35. The first kappa shape index (κ1) is 17.4. The fourth-order valence-corrected chi connectivity index (χ4v) is 3.44. The molecule has 0 bridgehead atoms. The smallest absolute Gasteiger partial charge is 0.161 e. The number of anilines is 1. The molecule has 0 spiro atoms. The van der Waals surface area contributed by atoms with Crippen LogP contribution in [-0.4, -0.2) is 47.0 Å². The van der Waals surface area contributed by atoms with E-state index >= 15 is 0 Å². The van der Waals surface area contributed by atoms with Crippen molar-refractivity contribution in [3.8, 4) is 17.2 Å². The molecule has 2 heterocycles. The van der Waals surface area contributed by atoms with Crippen LogP contribution >= 0.6 is 0 Å². The van der Waals surface area contributed by atoms with Gasteiger partial charge in [-0.3, -0.25) is 0 Å². The van der Waals surface area contributed by atoms with Gasteiger partial charge in [0, 0.05) is 24.5 Å². The summed E-state index contributed by atoms with van der Waals surface area (Å²) in [4.78, 5) is 11.0. The van der Waals surface area contributed by atoms with Gasteiger partial charge >= 0.3 is 0 Å². The zero-order valence-electron chi connectivity index (χ0n) is 15.1. The predicted octanol–water partition coefficient (Wildman–Crippen LogP) is 2.28. The lowest BCUT2D eigenvalue weighted by Crippen LogP contribution is -2.31. The number of ether oxygens (including phenoxy) is 2. The highest BCUT2D eigenvalue weighted by Gasteiger charge is 2.21. The van der Waals surface area contributed by atoms with Gasteiger partial charge in [-0.25, -0.2) is 9.97 Å². The summed E-state index contributed by atoms with van der Waals surface area (Å²) in [6, 6.07) is 9.41. The molecule has 7 heteroatoms. The van der Waals surface area contributed by atoms with Crippen molar-refractivity contribution in [2.24, 2.45) is 0 Å². The third-order valence-corrected chi connectivity index (χ3v) is 4.76. The average Bonchev–Trinajstić information content (AvgIpc) is 2.70. The summed E-state index contributed by atoms with van der Waals surface area (Å²) in [5, 5.41) is 19.8. The van der Waals surface area contributed by atoms with E-state index in [1.54, 1.807) is 12.1 Å². The molecule has 0 amide bonds. The lowest BCUT2D eigenvalue weighted by atomic mass is 9.99. The van der Waals surface area contributed by atoms with Crippen molar-refractivity contribution >= 4 is 16.7 Å². The maximum Gasteiger partial charge on any atom is 0.161 e. The topological polar surface area (TPSA) is 87.9 Å². The molecule has 1 aliphatic heterocycles. The number of aromatic hydroxyl groups is 1. The Morgan fingerprint density at radius 2 is 2.04 bits per heavy atom. The fourth-order valence-electron chi connectivity index (χ4n) is 3.44. The molecule has 0 saturated carbocycles. The summed E-state index contributed by atoms with van der Waals surface area (Å²) in [5.41, 5.74) is 3.13. The third-order valence-electron chi connectivity index (χ3n) is 4.76. The minimum atomic E-state index is -0.00911. The molecule has 1 aromatic heterocycles. The van der Waals surface area contributed by atoms with E-state index in [1.807, 2.05) is 12.1 Å². The number of fused-ring (bicyclic) bond motifs is 2. The zero-order chi connectivity index (χ0) is 18.8. The largest absolute Gasteiger partial charge is 0.504 e. The van der Waals surface area contributed by atoms with Crippen LogP contribution in [0.15, 0.2) is 36.7 Å². The van der Waals surface area contributed by atoms with Crippen molar-refractivity contribution < 1.29 is 19.7 Å². The second-order valence-corrected chi connectivity index (χ2v) is 6.41. The second-order valence-electron chi connectivity index (χ2n) is 6.41. The second kappa shape index (κ2) is 7.28. The van der Waals surface area contributed by atoms with Crippen LogP contribution in [0.1, 0.15) is 11.1 Å². The van der Waals surface area contributed by atoms with Crippen LogP contribution in [0.5, 0.6) is 17.2 Å². The Bertz CT molecular complexity index is 977. The Kier molecular flexibility index (Phi) is 4.68. The van der Waals surface area contributed by atoms with Crippen LogP contribution in [0.25, 0.3) is 10.9 Å². The van der Waals surface area contributed by atoms with Gasteiger partial charge in [0.25, 0.3) is 0 Å². The number of benzene rings is 2. The van der Waals surface area contributed by atoms with E-state index < -0.39 is 0 Å². The van der Waals surface area contributed by atoms with E-state index in [0.29, 0.717) is 17.8 Å². The first-order valence-corrected chi connectivity index (χ1v) is 8.81. The summed E-state index contributed by atoms with van der Waals surface area (Å²) >= 11 is 0. The van der Waals surface area contributed by atoms with Crippen LogP contribution < -0.4 is 14.4 Å². The zero-order valence-corrected chi connectivity index (χ0v) is 15.1. The normalized spacial score (nSPS) is 13.5. The lowest BCUT2D eigenvalue weighted by molar-refractivity contribution is 0.201. The number of aromatic nitrogens is 2. The van der Waals surface area contributed by atoms with Crippen molar-refractivity contribution in [1.29, 1.82) is 0 Å². The van der Waals surface area contributed by atoms with E-state index in [9.17, 15) is 5.11 Å². The minimum absolute atomic E-state index is 0.00911. The molecule has 0 fully saturated rings. The van der Waals surface area contributed by atoms with Crippen LogP contribution in [0, 0.1) is 0 Å². The molecule has 0 aliphatic carbocycles. The number of nitrogens with zero attached hydrogens (tertiary/aromatic N) is 3. The highest BCUT2D eigenvalue weighted by molar-refractivity contribution is 5.92. The highest BCUT2D eigenvalue weighted by atomic mass is 16.5. The number of aliphatic hydroxyl groups excluding tert-OH is 1. The number of phenolic OH excluding ortho intramolecular Hbond substituents is 1. The van der Waals surface area contributed by atoms with Crippen LogP contribution in [0.2, 0.25) is 0 Å².